The van der Waals surface area contributed by atoms with Crippen molar-refractivity contribution >= 4 is 32.5 Å². The highest BCUT2D eigenvalue weighted by Gasteiger charge is 2.03. The highest BCUT2D eigenvalue weighted by Crippen LogP contribution is 2.27. The fraction of sp³-hybridized carbons (Fsp3) is 0.214. The fourth-order valence-corrected chi connectivity index (χ4v) is 2.61. The summed E-state index contributed by atoms with van der Waals surface area (Å²) >= 11 is 3.56. The van der Waals surface area contributed by atoms with Crippen molar-refractivity contribution in [1.82, 2.24) is 20.0 Å². The summed E-state index contributed by atoms with van der Waals surface area (Å²) in [7, 11) is 0. The van der Waals surface area contributed by atoms with E-state index in [1.165, 1.54) is 5.39 Å². The number of nitrogens with zero attached hydrogens (tertiary/aromatic N) is 4. The molecule has 1 aromatic carbocycles. The largest absolute Gasteiger partial charge is 0.369 e. The van der Waals surface area contributed by atoms with Gasteiger partial charge in [-0.1, -0.05) is 33.3 Å². The molecule has 2 aromatic heterocycles. The van der Waals surface area contributed by atoms with E-state index in [-0.39, 0.29) is 0 Å². The molecule has 3 aromatic rings. The van der Waals surface area contributed by atoms with Crippen LogP contribution in [0.15, 0.2) is 47.3 Å². The first kappa shape index (κ1) is 13.1. The van der Waals surface area contributed by atoms with Crippen LogP contribution in [-0.2, 0) is 6.54 Å². The van der Waals surface area contributed by atoms with E-state index in [0.717, 1.165) is 35.2 Å². The van der Waals surface area contributed by atoms with Gasteiger partial charge in [-0.05, 0) is 18.6 Å². The topological polar surface area (TPSA) is 55.6 Å². The Hall–Kier alpha value is -1.95. The summed E-state index contributed by atoms with van der Waals surface area (Å²) in [5.41, 5.74) is 0. The molecule has 0 saturated heterocycles. The van der Waals surface area contributed by atoms with Crippen LogP contribution >= 0.6 is 15.9 Å². The SMILES string of the molecule is Brc1cccc2c(NCCCn3ccnn3)nccc12. The first-order chi connectivity index (χ1) is 9.84. The number of rotatable bonds is 5. The molecule has 0 atom stereocenters. The quantitative estimate of drug-likeness (QED) is 0.730. The van der Waals surface area contributed by atoms with E-state index in [1.54, 1.807) is 6.20 Å². The molecule has 0 bridgehead atoms. The summed E-state index contributed by atoms with van der Waals surface area (Å²) in [6, 6.07) is 8.15. The third kappa shape index (κ3) is 2.80. The molecule has 0 saturated carbocycles. The van der Waals surface area contributed by atoms with Crippen LogP contribution in [0.5, 0.6) is 0 Å². The predicted octanol–water partition coefficient (Wildman–Crippen LogP) is 3.09. The Bertz CT molecular complexity index is 696. The van der Waals surface area contributed by atoms with E-state index in [1.807, 2.05) is 35.3 Å². The Morgan fingerprint density at radius 1 is 1.15 bits per heavy atom. The van der Waals surface area contributed by atoms with E-state index >= 15 is 0 Å². The van der Waals surface area contributed by atoms with Gasteiger partial charge in [0.25, 0.3) is 0 Å². The second kappa shape index (κ2) is 6.00. The van der Waals surface area contributed by atoms with Crippen molar-refractivity contribution < 1.29 is 0 Å². The number of benzene rings is 1. The summed E-state index contributed by atoms with van der Waals surface area (Å²) in [5, 5.41) is 13.4. The number of aryl methyl sites for hydroxylation is 1. The Labute approximate surface area is 125 Å². The lowest BCUT2D eigenvalue weighted by Crippen LogP contribution is -2.08. The normalized spacial score (nSPS) is 10.8. The second-order valence-electron chi connectivity index (χ2n) is 4.44. The number of halogens is 1. The van der Waals surface area contributed by atoms with Crippen LogP contribution in [0, 0.1) is 0 Å². The van der Waals surface area contributed by atoms with Gasteiger partial charge in [0, 0.05) is 40.7 Å². The average Bonchev–Trinajstić information content (AvgIpc) is 2.98. The first-order valence-corrected chi connectivity index (χ1v) is 7.25. The number of aromatic nitrogens is 4. The molecule has 3 rings (SSSR count). The predicted molar refractivity (Wildman–Crippen MR) is 82.6 cm³/mol. The van der Waals surface area contributed by atoms with Crippen molar-refractivity contribution in [2.24, 2.45) is 0 Å². The van der Waals surface area contributed by atoms with Crippen LogP contribution in [0.3, 0.4) is 0 Å². The Morgan fingerprint density at radius 3 is 2.95 bits per heavy atom. The lowest BCUT2D eigenvalue weighted by Gasteiger charge is -2.09. The minimum absolute atomic E-state index is 0.846. The molecule has 0 amide bonds. The molecule has 0 radical (unpaired) electrons. The van der Waals surface area contributed by atoms with E-state index in [9.17, 15) is 0 Å². The van der Waals surface area contributed by atoms with Crippen molar-refractivity contribution in [3.8, 4) is 0 Å². The summed E-state index contributed by atoms with van der Waals surface area (Å²) in [6.45, 7) is 1.69. The van der Waals surface area contributed by atoms with Crippen LogP contribution in [0.2, 0.25) is 0 Å². The van der Waals surface area contributed by atoms with E-state index in [4.69, 9.17) is 0 Å². The summed E-state index contributed by atoms with van der Waals surface area (Å²) in [5.74, 6) is 0.919. The van der Waals surface area contributed by atoms with Crippen molar-refractivity contribution in [3.05, 3.63) is 47.3 Å². The zero-order valence-corrected chi connectivity index (χ0v) is 12.4. The lowest BCUT2D eigenvalue weighted by atomic mass is 10.1. The van der Waals surface area contributed by atoms with Gasteiger partial charge in [0.1, 0.15) is 5.82 Å². The molecule has 0 fully saturated rings. The number of hydrogen-bond acceptors (Lipinski definition) is 4. The molecule has 1 N–H and O–H groups in total. The summed E-state index contributed by atoms with van der Waals surface area (Å²) in [6.07, 6.45) is 6.35. The number of anilines is 1. The van der Waals surface area contributed by atoms with Gasteiger partial charge in [-0.3, -0.25) is 4.68 Å². The third-order valence-corrected chi connectivity index (χ3v) is 3.77. The average molecular weight is 332 g/mol. The van der Waals surface area contributed by atoms with Crippen molar-refractivity contribution in [2.45, 2.75) is 13.0 Å². The standard InChI is InChI=1S/C14H14BrN5/c15-13-4-1-3-12-11(13)5-7-17-14(12)16-6-2-9-20-10-8-18-19-20/h1,3-5,7-8,10H,2,6,9H2,(H,16,17). The zero-order valence-electron chi connectivity index (χ0n) is 10.8. The number of fused-ring (bicyclic) bond motifs is 1. The van der Waals surface area contributed by atoms with Gasteiger partial charge in [0.15, 0.2) is 0 Å². The van der Waals surface area contributed by atoms with Gasteiger partial charge in [-0.2, -0.15) is 0 Å². The highest BCUT2D eigenvalue weighted by molar-refractivity contribution is 9.10. The van der Waals surface area contributed by atoms with Crippen molar-refractivity contribution in [2.75, 3.05) is 11.9 Å². The monoisotopic (exact) mass is 331 g/mol. The Morgan fingerprint density at radius 2 is 2.10 bits per heavy atom. The lowest BCUT2D eigenvalue weighted by molar-refractivity contribution is 0.569. The summed E-state index contributed by atoms with van der Waals surface area (Å²) in [4.78, 5) is 4.42. The molecule has 20 heavy (non-hydrogen) atoms. The molecule has 6 heteroatoms. The molecule has 102 valence electrons. The van der Waals surface area contributed by atoms with Gasteiger partial charge in [-0.25, -0.2) is 4.98 Å². The van der Waals surface area contributed by atoms with E-state index in [0.29, 0.717) is 0 Å². The van der Waals surface area contributed by atoms with Gasteiger partial charge in [0.2, 0.25) is 0 Å². The molecule has 0 aliphatic heterocycles. The fourth-order valence-electron chi connectivity index (χ4n) is 2.11. The smallest absolute Gasteiger partial charge is 0.133 e. The minimum Gasteiger partial charge on any atom is -0.369 e. The van der Waals surface area contributed by atoms with Crippen LogP contribution in [-0.4, -0.2) is 26.5 Å². The van der Waals surface area contributed by atoms with Gasteiger partial charge < -0.3 is 5.32 Å². The van der Waals surface area contributed by atoms with Crippen LogP contribution in [0.1, 0.15) is 6.42 Å². The molecular formula is C14H14BrN5. The molecule has 0 aliphatic carbocycles. The number of nitrogens with one attached hydrogen (secondary N) is 1. The van der Waals surface area contributed by atoms with Crippen molar-refractivity contribution in [1.29, 1.82) is 0 Å². The molecule has 0 spiro atoms. The maximum atomic E-state index is 4.42. The van der Waals surface area contributed by atoms with Gasteiger partial charge in [0.05, 0.1) is 6.20 Å². The number of hydrogen-bond donors (Lipinski definition) is 1. The third-order valence-electron chi connectivity index (χ3n) is 3.08. The Balaban J connectivity index is 1.67. The number of pyridine rings is 1. The van der Waals surface area contributed by atoms with Gasteiger partial charge >= 0.3 is 0 Å². The summed E-state index contributed by atoms with van der Waals surface area (Å²) < 4.78 is 2.91. The highest BCUT2D eigenvalue weighted by atomic mass is 79.9. The molecule has 0 unspecified atom stereocenters. The minimum atomic E-state index is 0.846. The first-order valence-electron chi connectivity index (χ1n) is 6.46. The van der Waals surface area contributed by atoms with Crippen LogP contribution < -0.4 is 5.32 Å². The van der Waals surface area contributed by atoms with Crippen LogP contribution in [0.4, 0.5) is 5.82 Å². The van der Waals surface area contributed by atoms with Gasteiger partial charge in [-0.15, -0.1) is 5.10 Å². The zero-order chi connectivity index (χ0) is 13.8. The molecular weight excluding hydrogens is 318 g/mol. The maximum Gasteiger partial charge on any atom is 0.133 e. The van der Waals surface area contributed by atoms with Crippen molar-refractivity contribution in [3.63, 3.8) is 0 Å². The second-order valence-corrected chi connectivity index (χ2v) is 5.30. The molecule has 2 heterocycles. The van der Waals surface area contributed by atoms with E-state index in [2.05, 4.69) is 42.6 Å². The van der Waals surface area contributed by atoms with E-state index < -0.39 is 0 Å². The Kier molecular flexibility index (Phi) is 3.92. The molecule has 5 nitrogen and oxygen atoms in total. The molecule has 0 aliphatic rings. The van der Waals surface area contributed by atoms with Crippen LogP contribution in [0.25, 0.3) is 10.8 Å². The maximum absolute atomic E-state index is 4.42.